The molecule has 1 aromatic carbocycles. The fourth-order valence-electron chi connectivity index (χ4n) is 1.86. The van der Waals surface area contributed by atoms with Crippen molar-refractivity contribution >= 4 is 16.9 Å². The van der Waals surface area contributed by atoms with E-state index in [0.717, 1.165) is 11.1 Å². The van der Waals surface area contributed by atoms with Crippen LogP contribution in [0.2, 0.25) is 0 Å². The summed E-state index contributed by atoms with van der Waals surface area (Å²) in [4.78, 5) is 34.4. The summed E-state index contributed by atoms with van der Waals surface area (Å²) in [5, 5.41) is 0. The van der Waals surface area contributed by atoms with E-state index in [4.69, 9.17) is 5.73 Å². The molecule has 0 aliphatic rings. The van der Waals surface area contributed by atoms with Crippen LogP contribution in [0.25, 0.3) is 22.6 Å². The largest absolute Gasteiger partial charge is 0.398 e. The van der Waals surface area contributed by atoms with Crippen LogP contribution in [0.15, 0.2) is 27.8 Å². The molecule has 7 heteroatoms. The van der Waals surface area contributed by atoms with E-state index in [9.17, 15) is 9.59 Å². The molecule has 2 aromatic heterocycles. The van der Waals surface area contributed by atoms with Gasteiger partial charge in [-0.15, -0.1) is 0 Å². The van der Waals surface area contributed by atoms with Gasteiger partial charge in [-0.1, -0.05) is 12.1 Å². The molecule has 2 heterocycles. The van der Waals surface area contributed by atoms with Crippen molar-refractivity contribution in [2.24, 2.45) is 0 Å². The number of nitrogen functional groups attached to an aromatic ring is 1. The van der Waals surface area contributed by atoms with Gasteiger partial charge in [-0.2, -0.15) is 0 Å². The molecule has 96 valence electrons. The molecule has 0 aliphatic heterocycles. The van der Waals surface area contributed by atoms with Gasteiger partial charge >= 0.3 is 5.69 Å². The Labute approximate surface area is 106 Å². The second-order valence-corrected chi connectivity index (χ2v) is 4.29. The molecule has 0 unspecified atom stereocenters. The molecule has 3 rings (SSSR count). The first-order valence-electron chi connectivity index (χ1n) is 5.63. The number of H-pyrrole nitrogens is 3. The van der Waals surface area contributed by atoms with Crippen LogP contribution in [-0.2, 0) is 0 Å². The van der Waals surface area contributed by atoms with Crippen LogP contribution in [0.4, 0.5) is 5.69 Å². The summed E-state index contributed by atoms with van der Waals surface area (Å²) in [6.45, 7) is 1.90. The minimum absolute atomic E-state index is 0.225. The van der Waals surface area contributed by atoms with E-state index in [1.165, 1.54) is 0 Å². The van der Waals surface area contributed by atoms with Crippen LogP contribution >= 0.6 is 0 Å². The maximum Gasteiger partial charge on any atom is 0.327 e. The third-order valence-corrected chi connectivity index (χ3v) is 2.94. The number of nitrogens with zero attached hydrogens (tertiary/aromatic N) is 1. The monoisotopic (exact) mass is 257 g/mol. The van der Waals surface area contributed by atoms with Gasteiger partial charge in [-0.05, 0) is 18.6 Å². The molecule has 0 spiro atoms. The topological polar surface area (TPSA) is 120 Å². The quantitative estimate of drug-likeness (QED) is 0.474. The van der Waals surface area contributed by atoms with Crippen LogP contribution < -0.4 is 17.0 Å². The Bertz CT molecular complexity index is 887. The fourth-order valence-corrected chi connectivity index (χ4v) is 1.86. The third-order valence-electron chi connectivity index (χ3n) is 2.94. The number of aryl methyl sites for hydroxylation is 1. The van der Waals surface area contributed by atoms with Gasteiger partial charge in [0.05, 0.1) is 0 Å². The highest BCUT2D eigenvalue weighted by molar-refractivity contribution is 5.75. The fraction of sp³-hybridized carbons (Fsp3) is 0.0833. The average Bonchev–Trinajstić information content (AvgIpc) is 2.76. The van der Waals surface area contributed by atoms with Gasteiger partial charge in [0.15, 0.2) is 5.65 Å². The lowest BCUT2D eigenvalue weighted by molar-refractivity contribution is 1.07. The number of benzene rings is 1. The van der Waals surface area contributed by atoms with Crippen molar-refractivity contribution in [1.82, 2.24) is 19.9 Å². The standard InChI is InChI=1S/C12H11N5O2/c1-5-2-3-6(4-7(5)13)9-14-8-10(15-9)16-12(19)17-11(8)18/h2-4H,13H2,1H3,(H3,14,15,16,17,18,19). The Balaban J connectivity index is 2.26. The normalized spacial score (nSPS) is 11.0. The summed E-state index contributed by atoms with van der Waals surface area (Å²) < 4.78 is 0. The molecule has 0 radical (unpaired) electrons. The van der Waals surface area contributed by atoms with Crippen molar-refractivity contribution in [2.75, 3.05) is 5.73 Å². The van der Waals surface area contributed by atoms with Crippen molar-refractivity contribution in [3.8, 4) is 11.4 Å². The molecule has 7 nitrogen and oxygen atoms in total. The number of imidazole rings is 1. The van der Waals surface area contributed by atoms with Crippen LogP contribution in [0.3, 0.4) is 0 Å². The molecule has 0 aliphatic carbocycles. The highest BCUT2D eigenvalue weighted by Crippen LogP contribution is 2.21. The lowest BCUT2D eigenvalue weighted by Crippen LogP contribution is -2.21. The SMILES string of the molecule is Cc1ccc(-c2nc3[nH]c(=O)[nH]c(=O)c3[nH]2)cc1N. The summed E-state index contributed by atoms with van der Waals surface area (Å²) >= 11 is 0. The lowest BCUT2D eigenvalue weighted by Gasteiger charge is -2.01. The van der Waals surface area contributed by atoms with Crippen LogP contribution in [0.1, 0.15) is 5.56 Å². The number of hydrogen-bond acceptors (Lipinski definition) is 4. The lowest BCUT2D eigenvalue weighted by atomic mass is 10.1. The van der Waals surface area contributed by atoms with Crippen LogP contribution in [0, 0.1) is 6.92 Å². The smallest absolute Gasteiger partial charge is 0.327 e. The molecule has 0 saturated carbocycles. The zero-order valence-electron chi connectivity index (χ0n) is 10.1. The minimum Gasteiger partial charge on any atom is -0.398 e. The first-order valence-corrected chi connectivity index (χ1v) is 5.63. The first-order chi connectivity index (χ1) is 9.04. The van der Waals surface area contributed by atoms with Gasteiger partial charge in [0.2, 0.25) is 0 Å². The number of aromatic amines is 3. The predicted octanol–water partition coefficient (Wildman–Crippen LogP) is 0.497. The van der Waals surface area contributed by atoms with E-state index in [2.05, 4.69) is 19.9 Å². The summed E-state index contributed by atoms with van der Waals surface area (Å²) in [5.41, 5.74) is 7.56. The minimum atomic E-state index is -0.584. The molecule has 3 aromatic rings. The van der Waals surface area contributed by atoms with Crippen molar-refractivity contribution in [2.45, 2.75) is 6.92 Å². The zero-order valence-corrected chi connectivity index (χ0v) is 10.1. The summed E-state index contributed by atoms with van der Waals surface area (Å²) in [6, 6.07) is 5.47. The van der Waals surface area contributed by atoms with Crippen molar-refractivity contribution < 1.29 is 0 Å². The summed E-state index contributed by atoms with van der Waals surface area (Å²) in [6.07, 6.45) is 0. The molecule has 0 saturated heterocycles. The van der Waals surface area contributed by atoms with E-state index in [0.29, 0.717) is 11.5 Å². The maximum absolute atomic E-state index is 11.6. The molecule has 0 fully saturated rings. The Morgan fingerprint density at radius 3 is 2.68 bits per heavy atom. The number of nitrogens with two attached hydrogens (primary N) is 1. The van der Waals surface area contributed by atoms with Gasteiger partial charge < -0.3 is 10.7 Å². The molecular weight excluding hydrogens is 246 g/mol. The van der Waals surface area contributed by atoms with Gasteiger partial charge in [-0.25, -0.2) is 9.78 Å². The van der Waals surface area contributed by atoms with Crippen LogP contribution in [-0.4, -0.2) is 19.9 Å². The summed E-state index contributed by atoms with van der Waals surface area (Å²) in [5.74, 6) is 0.481. The Hall–Kier alpha value is -2.83. The van der Waals surface area contributed by atoms with E-state index in [1.54, 1.807) is 6.07 Å². The number of aromatic nitrogens is 4. The van der Waals surface area contributed by atoms with Gasteiger partial charge in [0.1, 0.15) is 11.3 Å². The molecular formula is C12H11N5O2. The first kappa shape index (κ1) is 11.3. The Morgan fingerprint density at radius 2 is 1.95 bits per heavy atom. The van der Waals surface area contributed by atoms with Crippen molar-refractivity contribution in [3.05, 3.63) is 44.6 Å². The van der Waals surface area contributed by atoms with E-state index in [-0.39, 0.29) is 11.2 Å². The summed E-state index contributed by atoms with van der Waals surface area (Å²) in [7, 11) is 0. The van der Waals surface area contributed by atoms with Crippen molar-refractivity contribution in [3.63, 3.8) is 0 Å². The number of fused-ring (bicyclic) bond motifs is 1. The molecule has 5 N–H and O–H groups in total. The number of nitrogens with one attached hydrogen (secondary N) is 3. The van der Waals surface area contributed by atoms with Crippen LogP contribution in [0.5, 0.6) is 0 Å². The van der Waals surface area contributed by atoms with E-state index in [1.807, 2.05) is 19.1 Å². The number of anilines is 1. The highest BCUT2D eigenvalue weighted by atomic mass is 16.2. The average molecular weight is 257 g/mol. The van der Waals surface area contributed by atoms with E-state index >= 15 is 0 Å². The Morgan fingerprint density at radius 1 is 1.16 bits per heavy atom. The number of rotatable bonds is 1. The third kappa shape index (κ3) is 1.81. The second-order valence-electron chi connectivity index (χ2n) is 4.29. The van der Waals surface area contributed by atoms with Crippen molar-refractivity contribution in [1.29, 1.82) is 0 Å². The second kappa shape index (κ2) is 3.84. The Kier molecular flexibility index (Phi) is 2.28. The molecule has 19 heavy (non-hydrogen) atoms. The predicted molar refractivity (Wildman–Crippen MR) is 71.9 cm³/mol. The molecule has 0 bridgehead atoms. The highest BCUT2D eigenvalue weighted by Gasteiger charge is 2.09. The van der Waals surface area contributed by atoms with Gasteiger partial charge in [-0.3, -0.25) is 14.8 Å². The number of hydrogen-bond donors (Lipinski definition) is 4. The van der Waals surface area contributed by atoms with E-state index < -0.39 is 11.2 Å². The molecule has 0 amide bonds. The maximum atomic E-state index is 11.6. The zero-order chi connectivity index (χ0) is 13.6. The van der Waals surface area contributed by atoms with Gasteiger partial charge in [0, 0.05) is 11.3 Å². The van der Waals surface area contributed by atoms with Gasteiger partial charge in [0.25, 0.3) is 5.56 Å². The molecule has 0 atom stereocenters.